The first kappa shape index (κ1) is 12.8. The highest BCUT2D eigenvalue weighted by molar-refractivity contribution is 9.10. The van der Waals surface area contributed by atoms with E-state index in [-0.39, 0.29) is 5.91 Å². The SMILES string of the molecule is CCc1nn(C)cc1NC(=O)c1cccc(Br)n1. The molecule has 0 aliphatic carbocycles. The molecule has 2 aromatic rings. The van der Waals surface area contributed by atoms with Crippen LogP contribution in [0.5, 0.6) is 0 Å². The van der Waals surface area contributed by atoms with E-state index >= 15 is 0 Å². The number of carbonyl (C=O) groups is 1. The van der Waals surface area contributed by atoms with Crippen molar-refractivity contribution in [3.8, 4) is 0 Å². The van der Waals surface area contributed by atoms with Crippen LogP contribution in [0.2, 0.25) is 0 Å². The van der Waals surface area contributed by atoms with Crippen LogP contribution in [0.3, 0.4) is 0 Å². The molecule has 0 unspecified atom stereocenters. The summed E-state index contributed by atoms with van der Waals surface area (Å²) in [6, 6.07) is 5.22. The lowest BCUT2D eigenvalue weighted by Gasteiger charge is -2.03. The minimum Gasteiger partial charge on any atom is -0.318 e. The van der Waals surface area contributed by atoms with Gasteiger partial charge in [-0.3, -0.25) is 9.48 Å². The standard InChI is InChI=1S/C12H13BrN4O/c1-3-8-10(7-17(2)16-8)15-12(18)9-5-4-6-11(13)14-9/h4-7H,3H2,1-2H3,(H,15,18). The van der Waals surface area contributed by atoms with E-state index in [1.54, 1.807) is 29.1 Å². The predicted octanol–water partition coefficient (Wildman–Crippen LogP) is 2.39. The molecule has 0 radical (unpaired) electrons. The third-order valence-electron chi connectivity index (χ3n) is 2.44. The monoisotopic (exact) mass is 308 g/mol. The number of anilines is 1. The van der Waals surface area contributed by atoms with E-state index in [0.29, 0.717) is 10.3 Å². The Morgan fingerprint density at radius 1 is 1.50 bits per heavy atom. The fourth-order valence-electron chi connectivity index (χ4n) is 1.62. The zero-order valence-electron chi connectivity index (χ0n) is 10.1. The Kier molecular flexibility index (Phi) is 3.76. The van der Waals surface area contributed by atoms with Crippen molar-refractivity contribution in [1.29, 1.82) is 0 Å². The molecule has 0 aromatic carbocycles. The van der Waals surface area contributed by atoms with E-state index < -0.39 is 0 Å². The van der Waals surface area contributed by atoms with Crippen LogP contribution in [-0.2, 0) is 13.5 Å². The van der Waals surface area contributed by atoms with Crippen LogP contribution in [0.25, 0.3) is 0 Å². The molecule has 0 atom stereocenters. The number of carbonyl (C=O) groups excluding carboxylic acids is 1. The fourth-order valence-corrected chi connectivity index (χ4v) is 1.96. The van der Waals surface area contributed by atoms with Crippen LogP contribution in [-0.4, -0.2) is 20.7 Å². The molecule has 0 bridgehead atoms. The molecule has 0 fully saturated rings. The molecular weight excluding hydrogens is 296 g/mol. The van der Waals surface area contributed by atoms with Crippen LogP contribution in [0.15, 0.2) is 29.0 Å². The highest BCUT2D eigenvalue weighted by atomic mass is 79.9. The Balaban J connectivity index is 2.21. The quantitative estimate of drug-likeness (QED) is 0.886. The number of amides is 1. The number of rotatable bonds is 3. The first-order valence-electron chi connectivity index (χ1n) is 5.56. The number of aryl methyl sites for hydroxylation is 2. The van der Waals surface area contributed by atoms with Gasteiger partial charge in [0.25, 0.3) is 5.91 Å². The van der Waals surface area contributed by atoms with Gasteiger partial charge in [-0.15, -0.1) is 0 Å². The molecule has 94 valence electrons. The molecule has 2 heterocycles. The van der Waals surface area contributed by atoms with Crippen molar-refractivity contribution in [3.63, 3.8) is 0 Å². The Bertz CT molecular complexity index is 579. The Hall–Kier alpha value is -1.69. The lowest BCUT2D eigenvalue weighted by Crippen LogP contribution is -2.14. The van der Waals surface area contributed by atoms with Gasteiger partial charge in [0, 0.05) is 13.2 Å². The second-order valence-electron chi connectivity index (χ2n) is 3.82. The molecule has 1 N–H and O–H groups in total. The minimum absolute atomic E-state index is 0.237. The average molecular weight is 309 g/mol. The van der Waals surface area contributed by atoms with Gasteiger partial charge in [0.15, 0.2) is 0 Å². The van der Waals surface area contributed by atoms with Gasteiger partial charge in [-0.2, -0.15) is 5.10 Å². The summed E-state index contributed by atoms with van der Waals surface area (Å²) in [7, 11) is 1.83. The minimum atomic E-state index is -0.237. The molecule has 0 saturated carbocycles. The predicted molar refractivity (Wildman–Crippen MR) is 72.5 cm³/mol. The third kappa shape index (κ3) is 2.76. The smallest absolute Gasteiger partial charge is 0.274 e. The van der Waals surface area contributed by atoms with Crippen LogP contribution in [0.4, 0.5) is 5.69 Å². The summed E-state index contributed by atoms with van der Waals surface area (Å²) in [6.07, 6.45) is 2.55. The normalized spacial score (nSPS) is 10.4. The maximum absolute atomic E-state index is 12.0. The van der Waals surface area contributed by atoms with Crippen molar-refractivity contribution in [2.75, 3.05) is 5.32 Å². The molecule has 0 aliphatic heterocycles. The summed E-state index contributed by atoms with van der Waals surface area (Å²) in [6.45, 7) is 2.00. The van der Waals surface area contributed by atoms with Crippen molar-refractivity contribution < 1.29 is 4.79 Å². The summed E-state index contributed by atoms with van der Waals surface area (Å²) in [5.74, 6) is -0.237. The molecular formula is C12H13BrN4O. The Morgan fingerprint density at radius 2 is 2.28 bits per heavy atom. The van der Waals surface area contributed by atoms with Gasteiger partial charge in [-0.25, -0.2) is 4.98 Å². The van der Waals surface area contributed by atoms with Crippen molar-refractivity contribution in [2.24, 2.45) is 7.05 Å². The van der Waals surface area contributed by atoms with Gasteiger partial charge in [0.2, 0.25) is 0 Å². The molecule has 2 rings (SSSR count). The lowest BCUT2D eigenvalue weighted by molar-refractivity contribution is 0.102. The highest BCUT2D eigenvalue weighted by Crippen LogP contribution is 2.15. The van der Waals surface area contributed by atoms with Crippen molar-refractivity contribution in [1.82, 2.24) is 14.8 Å². The molecule has 5 nitrogen and oxygen atoms in total. The van der Waals surface area contributed by atoms with Crippen LogP contribution >= 0.6 is 15.9 Å². The van der Waals surface area contributed by atoms with Crippen molar-refractivity contribution in [2.45, 2.75) is 13.3 Å². The summed E-state index contributed by atoms with van der Waals surface area (Å²) in [5.41, 5.74) is 1.96. The average Bonchev–Trinajstić information content (AvgIpc) is 2.69. The van der Waals surface area contributed by atoms with Gasteiger partial charge in [-0.05, 0) is 34.5 Å². The molecule has 0 saturated heterocycles. The van der Waals surface area contributed by atoms with E-state index in [9.17, 15) is 4.79 Å². The van der Waals surface area contributed by atoms with Gasteiger partial charge < -0.3 is 5.32 Å². The van der Waals surface area contributed by atoms with E-state index in [4.69, 9.17) is 0 Å². The summed E-state index contributed by atoms with van der Waals surface area (Å²) in [4.78, 5) is 16.1. The van der Waals surface area contributed by atoms with Crippen LogP contribution in [0, 0.1) is 0 Å². The lowest BCUT2D eigenvalue weighted by atomic mass is 10.3. The first-order chi connectivity index (χ1) is 8.60. The van der Waals surface area contributed by atoms with Crippen LogP contribution in [0.1, 0.15) is 23.1 Å². The summed E-state index contributed by atoms with van der Waals surface area (Å²) >= 11 is 3.24. The zero-order valence-corrected chi connectivity index (χ0v) is 11.7. The Morgan fingerprint density at radius 3 is 2.94 bits per heavy atom. The van der Waals surface area contributed by atoms with E-state index in [1.807, 2.05) is 14.0 Å². The molecule has 6 heteroatoms. The third-order valence-corrected chi connectivity index (χ3v) is 2.88. The van der Waals surface area contributed by atoms with Crippen LogP contribution < -0.4 is 5.32 Å². The number of nitrogens with one attached hydrogen (secondary N) is 1. The van der Waals surface area contributed by atoms with E-state index in [1.165, 1.54) is 0 Å². The zero-order chi connectivity index (χ0) is 13.1. The summed E-state index contributed by atoms with van der Waals surface area (Å²) in [5, 5.41) is 7.09. The first-order valence-corrected chi connectivity index (χ1v) is 6.36. The maximum Gasteiger partial charge on any atom is 0.274 e. The molecule has 0 aliphatic rings. The molecule has 1 amide bonds. The van der Waals surface area contributed by atoms with E-state index in [2.05, 4.69) is 31.3 Å². The summed E-state index contributed by atoms with van der Waals surface area (Å²) < 4.78 is 2.32. The molecule has 0 spiro atoms. The number of hydrogen-bond acceptors (Lipinski definition) is 3. The van der Waals surface area contributed by atoms with Crippen molar-refractivity contribution in [3.05, 3.63) is 40.4 Å². The second kappa shape index (κ2) is 5.30. The number of halogens is 1. The van der Waals surface area contributed by atoms with Gasteiger partial charge in [0.1, 0.15) is 10.3 Å². The molecule has 18 heavy (non-hydrogen) atoms. The van der Waals surface area contributed by atoms with Gasteiger partial charge in [0.05, 0.1) is 11.4 Å². The number of aromatic nitrogens is 3. The highest BCUT2D eigenvalue weighted by Gasteiger charge is 2.12. The second-order valence-corrected chi connectivity index (χ2v) is 4.63. The largest absolute Gasteiger partial charge is 0.318 e. The van der Waals surface area contributed by atoms with Gasteiger partial charge in [-0.1, -0.05) is 13.0 Å². The Labute approximate surface area is 113 Å². The maximum atomic E-state index is 12.0. The van der Waals surface area contributed by atoms with E-state index in [0.717, 1.165) is 17.8 Å². The fraction of sp³-hybridized carbons (Fsp3) is 0.250. The molecule has 2 aromatic heterocycles. The number of hydrogen-bond donors (Lipinski definition) is 1. The van der Waals surface area contributed by atoms with Crippen molar-refractivity contribution >= 4 is 27.5 Å². The number of pyridine rings is 1. The number of nitrogens with zero attached hydrogens (tertiary/aromatic N) is 3. The topological polar surface area (TPSA) is 59.8 Å². The van der Waals surface area contributed by atoms with Gasteiger partial charge >= 0.3 is 0 Å².